The molecule has 18 heavy (non-hydrogen) atoms. The first-order valence-electron chi connectivity index (χ1n) is 5.49. The van der Waals surface area contributed by atoms with Crippen LogP contribution in [0.15, 0.2) is 27.8 Å². The minimum Gasteiger partial charge on any atom is -0.431 e. The Bertz CT molecular complexity index is 649. The first kappa shape index (κ1) is 13.2. The first-order valence-corrected chi connectivity index (χ1v) is 8.30. The third kappa shape index (κ3) is 3.17. The van der Waals surface area contributed by atoms with E-state index in [1.54, 1.807) is 25.1 Å². The van der Waals surface area contributed by atoms with Crippen molar-refractivity contribution in [2.75, 3.05) is 23.0 Å². The molecule has 1 heterocycles. The number of rotatable bonds is 5. The lowest BCUT2D eigenvalue weighted by Gasteiger charge is -1.97. The number of hydrogen-bond donors (Lipinski definition) is 1. The zero-order valence-corrected chi connectivity index (χ0v) is 11.6. The average Bonchev–Trinajstić information content (AvgIpc) is 2.70. The molecule has 0 atom stereocenters. The highest BCUT2D eigenvalue weighted by atomic mass is 32.2. The van der Waals surface area contributed by atoms with Crippen LogP contribution >= 0.6 is 11.8 Å². The van der Waals surface area contributed by atoms with Crippen LogP contribution in [0.25, 0.3) is 11.1 Å². The predicted octanol–water partition coefficient (Wildman–Crippen LogP) is 1.94. The van der Waals surface area contributed by atoms with E-state index in [1.165, 1.54) is 11.8 Å². The van der Waals surface area contributed by atoms with Crippen molar-refractivity contribution in [1.82, 2.24) is 4.98 Å². The van der Waals surface area contributed by atoms with Crippen molar-refractivity contribution in [3.8, 4) is 0 Å². The fourth-order valence-corrected chi connectivity index (χ4v) is 3.51. The Morgan fingerprint density at radius 2 is 2.22 bits per heavy atom. The van der Waals surface area contributed by atoms with Crippen molar-refractivity contribution in [2.45, 2.75) is 12.1 Å². The molecule has 98 valence electrons. The lowest BCUT2D eigenvalue weighted by Crippen LogP contribution is -2.10. The Morgan fingerprint density at radius 1 is 1.44 bits per heavy atom. The second-order valence-corrected chi connectivity index (χ2v) is 7.31. The largest absolute Gasteiger partial charge is 0.431 e. The van der Waals surface area contributed by atoms with Crippen molar-refractivity contribution >= 4 is 38.4 Å². The third-order valence-electron chi connectivity index (χ3n) is 2.45. The Labute approximate surface area is 110 Å². The van der Waals surface area contributed by atoms with Crippen molar-refractivity contribution in [3.63, 3.8) is 0 Å². The van der Waals surface area contributed by atoms with Gasteiger partial charge >= 0.3 is 0 Å². The Morgan fingerprint density at radius 3 is 2.94 bits per heavy atom. The number of thioether (sulfide) groups is 1. The monoisotopic (exact) mass is 286 g/mol. The second kappa shape index (κ2) is 5.19. The van der Waals surface area contributed by atoms with Gasteiger partial charge in [0, 0.05) is 17.2 Å². The van der Waals surface area contributed by atoms with E-state index >= 15 is 0 Å². The van der Waals surface area contributed by atoms with Gasteiger partial charge in [0.1, 0.15) is 5.52 Å². The number of nitrogen functional groups attached to an aromatic ring is 1. The second-order valence-electron chi connectivity index (χ2n) is 3.79. The molecule has 0 amide bonds. The molecule has 1 aromatic carbocycles. The molecule has 0 bridgehead atoms. The van der Waals surface area contributed by atoms with Crippen molar-refractivity contribution in [2.24, 2.45) is 0 Å². The number of nitrogens with zero attached hydrogens (tertiary/aromatic N) is 1. The summed E-state index contributed by atoms with van der Waals surface area (Å²) in [6.07, 6.45) is 0. The smallest absolute Gasteiger partial charge is 0.256 e. The number of hydrogen-bond acceptors (Lipinski definition) is 6. The molecule has 0 unspecified atom stereocenters. The minimum atomic E-state index is -2.94. The summed E-state index contributed by atoms with van der Waals surface area (Å²) in [4.78, 5) is 4.24. The summed E-state index contributed by atoms with van der Waals surface area (Å²) in [7, 11) is -2.94. The van der Waals surface area contributed by atoms with Crippen molar-refractivity contribution < 1.29 is 12.8 Å². The number of anilines is 1. The fraction of sp³-hybridized carbons (Fsp3) is 0.364. The van der Waals surface area contributed by atoms with E-state index in [0.29, 0.717) is 27.8 Å². The number of oxazole rings is 1. The van der Waals surface area contributed by atoms with Gasteiger partial charge in [0.15, 0.2) is 15.4 Å². The van der Waals surface area contributed by atoms with Gasteiger partial charge in [0.2, 0.25) is 0 Å². The maximum absolute atomic E-state index is 11.3. The predicted molar refractivity (Wildman–Crippen MR) is 73.5 cm³/mol. The molecule has 0 aliphatic heterocycles. The molecule has 1 aromatic heterocycles. The number of aromatic nitrogens is 1. The van der Waals surface area contributed by atoms with E-state index in [-0.39, 0.29) is 11.5 Å². The molecule has 0 aliphatic rings. The van der Waals surface area contributed by atoms with Crippen LogP contribution in [0.2, 0.25) is 0 Å². The minimum absolute atomic E-state index is 0.134. The molecule has 2 aromatic rings. The maximum atomic E-state index is 11.3. The SMILES string of the molecule is CCS(=O)(=O)CCSc1nc2cc(N)ccc2o1. The zero-order valence-electron chi connectivity index (χ0n) is 9.92. The third-order valence-corrected chi connectivity index (χ3v) is 5.25. The normalized spacial score (nSPS) is 12.1. The molecule has 5 nitrogen and oxygen atoms in total. The molecule has 0 radical (unpaired) electrons. The number of nitrogens with two attached hydrogens (primary N) is 1. The number of fused-ring (bicyclic) bond motifs is 1. The van der Waals surface area contributed by atoms with Gasteiger partial charge < -0.3 is 10.2 Å². The summed E-state index contributed by atoms with van der Waals surface area (Å²) in [5, 5.41) is 0.474. The fourth-order valence-electron chi connectivity index (χ4n) is 1.39. The molecular weight excluding hydrogens is 272 g/mol. The molecule has 0 saturated carbocycles. The van der Waals surface area contributed by atoms with Gasteiger partial charge in [-0.2, -0.15) is 0 Å². The van der Waals surface area contributed by atoms with Gasteiger partial charge in [-0.3, -0.25) is 0 Å². The molecule has 0 fully saturated rings. The summed E-state index contributed by atoms with van der Waals surface area (Å²) < 4.78 is 28.1. The number of sulfone groups is 1. The summed E-state index contributed by atoms with van der Waals surface area (Å²) in [5.74, 6) is 0.741. The molecule has 0 saturated heterocycles. The van der Waals surface area contributed by atoms with Crippen LogP contribution < -0.4 is 5.73 Å². The highest BCUT2D eigenvalue weighted by molar-refractivity contribution is 8.00. The van der Waals surface area contributed by atoms with Gasteiger partial charge in [0.05, 0.1) is 5.75 Å². The van der Waals surface area contributed by atoms with Crippen LogP contribution in [0.3, 0.4) is 0 Å². The molecule has 7 heteroatoms. The lowest BCUT2D eigenvalue weighted by molar-refractivity contribution is 0.489. The Hall–Kier alpha value is -1.21. The molecular formula is C11H14N2O3S2. The summed E-state index contributed by atoms with van der Waals surface area (Å²) in [6.45, 7) is 1.64. The van der Waals surface area contributed by atoms with Crippen LogP contribution in [0.4, 0.5) is 5.69 Å². The summed E-state index contributed by atoms with van der Waals surface area (Å²) in [6, 6.07) is 5.22. The van der Waals surface area contributed by atoms with Crippen LogP contribution in [0.1, 0.15) is 6.92 Å². The van der Waals surface area contributed by atoms with Gasteiger partial charge in [0.25, 0.3) is 5.22 Å². The van der Waals surface area contributed by atoms with E-state index in [9.17, 15) is 8.42 Å². The van der Waals surface area contributed by atoms with Crippen LogP contribution in [0, 0.1) is 0 Å². The quantitative estimate of drug-likeness (QED) is 0.667. The van der Waals surface area contributed by atoms with E-state index in [0.717, 1.165) is 0 Å². The van der Waals surface area contributed by atoms with Crippen LogP contribution in [0.5, 0.6) is 0 Å². The molecule has 0 spiro atoms. The van der Waals surface area contributed by atoms with E-state index in [1.807, 2.05) is 0 Å². The van der Waals surface area contributed by atoms with Crippen LogP contribution in [-0.4, -0.2) is 30.7 Å². The van der Waals surface area contributed by atoms with Gasteiger partial charge in [-0.15, -0.1) is 0 Å². The van der Waals surface area contributed by atoms with E-state index < -0.39 is 9.84 Å². The topological polar surface area (TPSA) is 86.2 Å². The van der Waals surface area contributed by atoms with Crippen molar-refractivity contribution in [1.29, 1.82) is 0 Å². The number of benzene rings is 1. The highest BCUT2D eigenvalue weighted by Crippen LogP contribution is 2.24. The highest BCUT2D eigenvalue weighted by Gasteiger charge is 2.10. The van der Waals surface area contributed by atoms with E-state index in [2.05, 4.69) is 4.98 Å². The van der Waals surface area contributed by atoms with Gasteiger partial charge in [-0.1, -0.05) is 18.7 Å². The summed E-state index contributed by atoms with van der Waals surface area (Å²) in [5.41, 5.74) is 7.61. The van der Waals surface area contributed by atoms with Crippen LogP contribution in [-0.2, 0) is 9.84 Å². The summed E-state index contributed by atoms with van der Waals surface area (Å²) >= 11 is 1.30. The van der Waals surface area contributed by atoms with Crippen molar-refractivity contribution in [3.05, 3.63) is 18.2 Å². The van der Waals surface area contributed by atoms with E-state index in [4.69, 9.17) is 10.2 Å². The maximum Gasteiger partial charge on any atom is 0.256 e. The zero-order chi connectivity index (χ0) is 13.2. The Kier molecular flexibility index (Phi) is 3.82. The standard InChI is InChI=1S/C11H14N2O3S2/c1-2-18(14,15)6-5-17-11-13-9-7-8(12)3-4-10(9)16-11/h3-4,7H,2,5-6,12H2,1H3. The Balaban J connectivity index is 2.04. The van der Waals surface area contributed by atoms with Gasteiger partial charge in [-0.05, 0) is 18.2 Å². The average molecular weight is 286 g/mol. The molecule has 0 aliphatic carbocycles. The lowest BCUT2D eigenvalue weighted by atomic mass is 10.3. The first-order chi connectivity index (χ1) is 8.50. The molecule has 2 N–H and O–H groups in total. The molecule has 2 rings (SSSR count). The van der Waals surface area contributed by atoms with Gasteiger partial charge in [-0.25, -0.2) is 13.4 Å².